The van der Waals surface area contributed by atoms with E-state index in [1.807, 2.05) is 0 Å². The Balaban J connectivity index is 0.000000439. The van der Waals surface area contributed by atoms with E-state index in [2.05, 4.69) is 115 Å². The Bertz CT molecular complexity index is 928. The van der Waals surface area contributed by atoms with Crippen LogP contribution in [0.2, 0.25) is 0 Å². The highest BCUT2D eigenvalue weighted by Crippen LogP contribution is 2.22. The SMILES string of the molecule is CC(C)(C)c1ccc([SH2+])cc1.CC(C)(C)c1ccc([SH2+])cc1.O=S(=O)([O-])CS(=O)(=O)[O-]. The lowest BCUT2D eigenvalue weighted by molar-refractivity contribution is 0.451. The third-order valence-electron chi connectivity index (χ3n) is 3.79. The molecule has 0 spiro atoms. The standard InChI is InChI=1S/2C10H14S.CH4O6S2/c2*1-10(2,3)8-4-6-9(11)7-5-8;2-8(3,4)1-9(5,6)7/h2*4-7,11H,1-3H3;1H2,(H,2,3,4)(H,5,6,7). The number of benzene rings is 2. The summed E-state index contributed by atoms with van der Waals surface area (Å²) in [4.78, 5) is 2.27. The summed E-state index contributed by atoms with van der Waals surface area (Å²) in [6.07, 6.45) is 0. The topological polar surface area (TPSA) is 114 Å². The molecule has 10 heteroatoms. The molecule has 176 valence electrons. The van der Waals surface area contributed by atoms with Gasteiger partial charge in [-0.25, -0.2) is 16.8 Å². The molecule has 0 aliphatic carbocycles. The van der Waals surface area contributed by atoms with Crippen molar-refractivity contribution in [1.82, 2.24) is 0 Å². The Morgan fingerprint density at radius 2 is 0.839 bits per heavy atom. The number of hydrogen-bond acceptors (Lipinski definition) is 6. The van der Waals surface area contributed by atoms with Gasteiger partial charge < -0.3 is 9.11 Å². The number of rotatable bonds is 2. The molecule has 0 aromatic heterocycles. The van der Waals surface area contributed by atoms with Crippen molar-refractivity contribution in [2.24, 2.45) is 0 Å². The Hall–Kier alpha value is -1.04. The van der Waals surface area contributed by atoms with Crippen molar-refractivity contribution >= 4 is 45.5 Å². The summed E-state index contributed by atoms with van der Waals surface area (Å²) < 4.78 is 57.1. The lowest BCUT2D eigenvalue weighted by Gasteiger charge is -2.18. The Morgan fingerprint density at radius 1 is 0.613 bits per heavy atom. The molecule has 0 atom stereocenters. The maximum Gasteiger partial charge on any atom is 0.150 e. The molecule has 0 aliphatic heterocycles. The summed E-state index contributed by atoms with van der Waals surface area (Å²) in [5.74, 6) is 0. The Morgan fingerprint density at radius 3 is 0.968 bits per heavy atom. The molecule has 2 rings (SSSR count). The quantitative estimate of drug-likeness (QED) is 0.455. The highest BCUT2D eigenvalue weighted by atomic mass is 32.3. The molecule has 0 N–H and O–H groups in total. The second-order valence-corrected chi connectivity index (χ2v) is 13.2. The fourth-order valence-corrected chi connectivity index (χ4v) is 3.86. The van der Waals surface area contributed by atoms with Gasteiger partial charge in [0.25, 0.3) is 0 Å². The predicted molar refractivity (Wildman–Crippen MR) is 131 cm³/mol. The summed E-state index contributed by atoms with van der Waals surface area (Å²) in [6.45, 7) is 13.3. The molecule has 31 heavy (non-hydrogen) atoms. The molecule has 0 fully saturated rings. The van der Waals surface area contributed by atoms with E-state index in [0.29, 0.717) is 0 Å². The monoisotopic (exact) mass is 508 g/mol. The Kier molecular flexibility index (Phi) is 11.3. The summed E-state index contributed by atoms with van der Waals surface area (Å²) >= 11 is 6.92. The molecular weight excluding hydrogens is 476 g/mol. The van der Waals surface area contributed by atoms with Crippen LogP contribution in [0.3, 0.4) is 0 Å². The van der Waals surface area contributed by atoms with Crippen LogP contribution < -0.4 is 0 Å². The third kappa shape index (κ3) is 15.4. The smallest absolute Gasteiger partial charge is 0.150 e. The van der Waals surface area contributed by atoms with Gasteiger partial charge in [-0.2, -0.15) is 0 Å². The van der Waals surface area contributed by atoms with E-state index in [1.165, 1.54) is 11.1 Å². The summed E-state index contributed by atoms with van der Waals surface area (Å²) in [5, 5.41) is -1.88. The first-order valence-electron chi connectivity index (χ1n) is 9.22. The minimum atomic E-state index is -4.93. The number of hydrogen-bond donors (Lipinski definition) is 0. The highest BCUT2D eigenvalue weighted by Gasteiger charge is 2.13. The lowest BCUT2D eigenvalue weighted by Crippen LogP contribution is -2.14. The molecule has 0 unspecified atom stereocenters. The molecule has 6 nitrogen and oxygen atoms in total. The maximum atomic E-state index is 9.51. The summed E-state index contributed by atoms with van der Waals surface area (Å²) in [5.41, 5.74) is 3.28. The van der Waals surface area contributed by atoms with Crippen molar-refractivity contribution < 1.29 is 25.9 Å². The summed E-state index contributed by atoms with van der Waals surface area (Å²) in [7, 11) is -9.86. The highest BCUT2D eigenvalue weighted by molar-refractivity contribution is 8.02. The molecular formula is C21H32O6S4. The van der Waals surface area contributed by atoms with Gasteiger partial charge >= 0.3 is 0 Å². The Labute approximate surface area is 197 Å². The molecule has 2 aromatic rings. The van der Waals surface area contributed by atoms with Gasteiger partial charge in [0.1, 0.15) is 35.1 Å². The molecule has 0 bridgehead atoms. The lowest BCUT2D eigenvalue weighted by atomic mass is 9.87. The summed E-state index contributed by atoms with van der Waals surface area (Å²) in [6, 6.07) is 16.9. The van der Waals surface area contributed by atoms with Crippen molar-refractivity contribution in [3.63, 3.8) is 0 Å². The van der Waals surface area contributed by atoms with Crippen LogP contribution in [0.4, 0.5) is 0 Å². The molecule has 0 saturated heterocycles. The van der Waals surface area contributed by atoms with Crippen LogP contribution in [-0.4, -0.2) is 31.0 Å². The van der Waals surface area contributed by atoms with E-state index < -0.39 is 25.3 Å². The molecule has 0 aliphatic rings. The third-order valence-corrected chi connectivity index (χ3v) is 6.77. The molecule has 0 heterocycles. The fraction of sp³-hybridized carbons (Fsp3) is 0.429. The zero-order chi connectivity index (χ0) is 24.7. The van der Waals surface area contributed by atoms with E-state index in [-0.39, 0.29) is 10.8 Å². The van der Waals surface area contributed by atoms with Crippen LogP contribution in [0.1, 0.15) is 52.7 Å². The molecule has 0 amide bonds. The normalized spacial score (nSPS) is 12.2. The van der Waals surface area contributed by atoms with Gasteiger partial charge in [0.2, 0.25) is 0 Å². The fourth-order valence-electron chi connectivity index (χ4n) is 2.12. The van der Waals surface area contributed by atoms with E-state index in [4.69, 9.17) is 0 Å². The van der Waals surface area contributed by atoms with Gasteiger partial charge in [-0.15, -0.1) is 0 Å². The van der Waals surface area contributed by atoms with Crippen LogP contribution in [0.5, 0.6) is 0 Å². The second-order valence-electron chi connectivity index (χ2n) is 8.89. The van der Waals surface area contributed by atoms with Gasteiger partial charge in [0.15, 0.2) is 0 Å². The van der Waals surface area contributed by atoms with Crippen molar-refractivity contribution in [3.05, 3.63) is 59.7 Å². The van der Waals surface area contributed by atoms with Gasteiger partial charge in [0, 0.05) is 0 Å². The molecule has 0 saturated carbocycles. The van der Waals surface area contributed by atoms with Crippen LogP contribution in [-0.2, 0) is 56.3 Å². The first-order valence-corrected chi connectivity index (χ1v) is 13.4. The van der Waals surface area contributed by atoms with Gasteiger partial charge in [-0.3, -0.25) is 0 Å². The van der Waals surface area contributed by atoms with Crippen molar-refractivity contribution in [2.45, 2.75) is 62.2 Å². The van der Waals surface area contributed by atoms with Crippen LogP contribution in [0.15, 0.2) is 58.3 Å². The molecule has 0 radical (unpaired) electrons. The van der Waals surface area contributed by atoms with Crippen molar-refractivity contribution in [1.29, 1.82) is 0 Å². The van der Waals surface area contributed by atoms with Gasteiger partial charge in [0.05, 0.1) is 0 Å². The zero-order valence-electron chi connectivity index (χ0n) is 18.6. The van der Waals surface area contributed by atoms with E-state index in [0.717, 1.165) is 9.79 Å². The van der Waals surface area contributed by atoms with E-state index >= 15 is 0 Å². The second kappa shape index (κ2) is 11.7. The average Bonchev–Trinajstić information content (AvgIpc) is 2.51. The largest absolute Gasteiger partial charge is 0.747 e. The zero-order valence-corrected chi connectivity index (χ0v) is 22.2. The van der Waals surface area contributed by atoms with E-state index in [1.54, 1.807) is 0 Å². The minimum absolute atomic E-state index is 0.264. The van der Waals surface area contributed by atoms with Crippen LogP contribution in [0, 0.1) is 0 Å². The van der Waals surface area contributed by atoms with Crippen molar-refractivity contribution in [3.8, 4) is 0 Å². The maximum absolute atomic E-state index is 9.51. The van der Waals surface area contributed by atoms with Gasteiger partial charge in [-0.05, 0) is 71.5 Å². The van der Waals surface area contributed by atoms with Gasteiger partial charge in [-0.1, -0.05) is 65.8 Å². The van der Waals surface area contributed by atoms with Crippen LogP contribution >= 0.6 is 0 Å². The first kappa shape index (κ1) is 30.0. The van der Waals surface area contributed by atoms with E-state index in [9.17, 15) is 25.9 Å². The average molecular weight is 509 g/mol. The van der Waals surface area contributed by atoms with Crippen LogP contribution in [0.25, 0.3) is 0 Å². The first-order chi connectivity index (χ1) is 13.7. The van der Waals surface area contributed by atoms with Crippen molar-refractivity contribution in [2.75, 3.05) is 5.08 Å². The minimum Gasteiger partial charge on any atom is -0.747 e. The predicted octanol–water partition coefficient (Wildman–Crippen LogP) is 2.74. The molecule has 2 aromatic carbocycles.